The third kappa shape index (κ3) is 5.57. The topological polar surface area (TPSA) is 64.6 Å². The zero-order valence-corrected chi connectivity index (χ0v) is 18.4. The van der Waals surface area contributed by atoms with Crippen LogP contribution in [0, 0.1) is 0 Å². The zero-order valence-electron chi connectivity index (χ0n) is 18.4. The minimum absolute atomic E-state index is 0.308. The third-order valence-electron chi connectivity index (χ3n) is 5.44. The number of nitrogens with one attached hydrogen (secondary N) is 1. The minimum Gasteiger partial charge on any atom is -0.489 e. The second-order valence-electron chi connectivity index (χ2n) is 7.70. The summed E-state index contributed by atoms with van der Waals surface area (Å²) in [6.45, 7) is 0.478. The standard InChI is InChI=1S/C28H25NO4/c1-32-28(31)26(29-27(30)25-13-7-11-22-10-5-6-12-24(22)25)18-20-14-16-23(17-15-20)33-19-21-8-3-2-4-9-21/h2-17,26H,18-19H2,1H3,(H,29,30)/t26-/m0/s1. The van der Waals surface area contributed by atoms with Gasteiger partial charge in [0, 0.05) is 12.0 Å². The lowest BCUT2D eigenvalue weighted by Crippen LogP contribution is -2.43. The van der Waals surface area contributed by atoms with Gasteiger partial charge in [-0.1, -0.05) is 78.9 Å². The van der Waals surface area contributed by atoms with E-state index in [9.17, 15) is 9.59 Å². The molecule has 0 radical (unpaired) electrons. The molecule has 5 heteroatoms. The number of rotatable bonds is 8. The normalized spacial score (nSPS) is 11.5. The number of amides is 1. The van der Waals surface area contributed by atoms with E-state index in [1.807, 2.05) is 91.0 Å². The van der Waals surface area contributed by atoms with Crippen LogP contribution in [0.25, 0.3) is 10.8 Å². The molecule has 0 saturated heterocycles. The summed E-state index contributed by atoms with van der Waals surface area (Å²) in [5.74, 6) is -0.0741. The Hall–Kier alpha value is -4.12. The molecule has 4 rings (SSSR count). The molecule has 4 aromatic carbocycles. The van der Waals surface area contributed by atoms with Crippen LogP contribution in [0.2, 0.25) is 0 Å². The first-order valence-corrected chi connectivity index (χ1v) is 10.8. The Balaban J connectivity index is 1.44. The molecule has 0 bridgehead atoms. The Morgan fingerprint density at radius 2 is 1.48 bits per heavy atom. The number of hydrogen-bond donors (Lipinski definition) is 1. The van der Waals surface area contributed by atoms with E-state index in [0.717, 1.165) is 27.6 Å². The van der Waals surface area contributed by atoms with Gasteiger partial charge >= 0.3 is 5.97 Å². The number of esters is 1. The van der Waals surface area contributed by atoms with E-state index in [4.69, 9.17) is 9.47 Å². The van der Waals surface area contributed by atoms with Gasteiger partial charge in [-0.25, -0.2) is 4.79 Å². The summed E-state index contributed by atoms with van der Waals surface area (Å²) in [7, 11) is 1.32. The Kier molecular flexibility index (Phi) is 7.00. The minimum atomic E-state index is -0.808. The van der Waals surface area contributed by atoms with Gasteiger partial charge in [0.2, 0.25) is 0 Å². The van der Waals surface area contributed by atoms with E-state index in [0.29, 0.717) is 18.6 Å². The number of fused-ring (bicyclic) bond motifs is 1. The fourth-order valence-corrected chi connectivity index (χ4v) is 3.69. The predicted molar refractivity (Wildman–Crippen MR) is 128 cm³/mol. The summed E-state index contributed by atoms with van der Waals surface area (Å²) in [6, 6.07) is 29.8. The van der Waals surface area contributed by atoms with Crippen molar-refractivity contribution in [1.82, 2.24) is 5.32 Å². The highest BCUT2D eigenvalue weighted by Gasteiger charge is 2.23. The van der Waals surface area contributed by atoms with Gasteiger partial charge in [-0.2, -0.15) is 0 Å². The molecule has 0 aromatic heterocycles. The summed E-state index contributed by atoms with van der Waals surface area (Å²) in [5.41, 5.74) is 2.49. The summed E-state index contributed by atoms with van der Waals surface area (Å²) < 4.78 is 10.8. The van der Waals surface area contributed by atoms with Crippen molar-refractivity contribution in [2.24, 2.45) is 0 Å². The van der Waals surface area contributed by atoms with Gasteiger partial charge in [0.1, 0.15) is 18.4 Å². The number of methoxy groups -OCH3 is 1. The third-order valence-corrected chi connectivity index (χ3v) is 5.44. The molecule has 0 spiro atoms. The Morgan fingerprint density at radius 1 is 0.788 bits per heavy atom. The van der Waals surface area contributed by atoms with Crippen molar-refractivity contribution >= 4 is 22.6 Å². The molecule has 1 N–H and O–H groups in total. The Morgan fingerprint density at radius 3 is 2.24 bits per heavy atom. The largest absolute Gasteiger partial charge is 0.489 e. The van der Waals surface area contributed by atoms with Crippen LogP contribution in [0.3, 0.4) is 0 Å². The van der Waals surface area contributed by atoms with Crippen LogP contribution in [-0.2, 0) is 22.6 Å². The zero-order chi connectivity index (χ0) is 23.0. The summed E-state index contributed by atoms with van der Waals surface area (Å²) in [4.78, 5) is 25.4. The maximum atomic E-state index is 13.0. The highest BCUT2D eigenvalue weighted by atomic mass is 16.5. The lowest BCUT2D eigenvalue weighted by molar-refractivity contribution is -0.142. The number of ether oxygens (including phenoxy) is 2. The van der Waals surface area contributed by atoms with Crippen LogP contribution in [0.5, 0.6) is 5.75 Å². The monoisotopic (exact) mass is 439 g/mol. The summed E-state index contributed by atoms with van der Waals surface area (Å²) >= 11 is 0. The van der Waals surface area contributed by atoms with Crippen molar-refractivity contribution in [3.8, 4) is 5.75 Å². The lowest BCUT2D eigenvalue weighted by Gasteiger charge is -2.17. The quantitative estimate of drug-likeness (QED) is 0.395. The highest BCUT2D eigenvalue weighted by Crippen LogP contribution is 2.19. The molecular weight excluding hydrogens is 414 g/mol. The van der Waals surface area contributed by atoms with Gasteiger partial charge in [-0.3, -0.25) is 4.79 Å². The fraction of sp³-hybridized carbons (Fsp3) is 0.143. The molecule has 1 amide bonds. The molecule has 0 saturated carbocycles. The first-order chi connectivity index (χ1) is 16.1. The van der Waals surface area contributed by atoms with Gasteiger partial charge in [0.05, 0.1) is 7.11 Å². The molecule has 33 heavy (non-hydrogen) atoms. The average molecular weight is 440 g/mol. The van der Waals surface area contributed by atoms with E-state index >= 15 is 0 Å². The highest BCUT2D eigenvalue weighted by molar-refractivity contribution is 6.08. The predicted octanol–water partition coefficient (Wildman–Crippen LogP) is 4.93. The molecule has 0 heterocycles. The van der Waals surface area contributed by atoms with Gasteiger partial charge < -0.3 is 14.8 Å². The van der Waals surface area contributed by atoms with Crippen molar-refractivity contribution < 1.29 is 19.1 Å². The molecule has 0 unspecified atom stereocenters. The van der Waals surface area contributed by atoms with Crippen molar-refractivity contribution in [1.29, 1.82) is 0 Å². The molecule has 0 aliphatic carbocycles. The van der Waals surface area contributed by atoms with E-state index in [1.54, 1.807) is 6.07 Å². The lowest BCUT2D eigenvalue weighted by atomic mass is 10.0. The fourth-order valence-electron chi connectivity index (χ4n) is 3.69. The Bertz CT molecular complexity index is 1230. The van der Waals surface area contributed by atoms with E-state index in [2.05, 4.69) is 5.32 Å². The van der Waals surface area contributed by atoms with E-state index in [1.165, 1.54) is 7.11 Å². The van der Waals surface area contributed by atoms with Gasteiger partial charge in [0.15, 0.2) is 0 Å². The van der Waals surface area contributed by atoms with Crippen molar-refractivity contribution in [3.05, 3.63) is 114 Å². The molecule has 0 fully saturated rings. The summed E-state index contributed by atoms with van der Waals surface area (Å²) in [6.07, 6.45) is 0.308. The molecule has 166 valence electrons. The summed E-state index contributed by atoms with van der Waals surface area (Å²) in [5, 5.41) is 4.64. The van der Waals surface area contributed by atoms with Crippen molar-refractivity contribution in [2.75, 3.05) is 7.11 Å². The maximum absolute atomic E-state index is 13.0. The first kappa shape index (κ1) is 22.1. The van der Waals surface area contributed by atoms with E-state index in [-0.39, 0.29) is 5.91 Å². The number of carbonyl (C=O) groups excluding carboxylic acids is 2. The van der Waals surface area contributed by atoms with Crippen LogP contribution in [0.4, 0.5) is 0 Å². The molecule has 0 aliphatic rings. The molecular formula is C28H25NO4. The smallest absolute Gasteiger partial charge is 0.328 e. The molecule has 4 aromatic rings. The second-order valence-corrected chi connectivity index (χ2v) is 7.70. The molecule has 0 aliphatic heterocycles. The van der Waals surface area contributed by atoms with Crippen LogP contribution < -0.4 is 10.1 Å². The van der Waals surface area contributed by atoms with Crippen LogP contribution >= 0.6 is 0 Å². The Labute approximate surface area is 193 Å². The molecule has 5 nitrogen and oxygen atoms in total. The second kappa shape index (κ2) is 10.5. The van der Waals surface area contributed by atoms with Crippen LogP contribution in [0.15, 0.2) is 97.1 Å². The average Bonchev–Trinajstić information content (AvgIpc) is 2.87. The van der Waals surface area contributed by atoms with Gasteiger partial charge in [-0.15, -0.1) is 0 Å². The van der Waals surface area contributed by atoms with Crippen LogP contribution in [0.1, 0.15) is 21.5 Å². The van der Waals surface area contributed by atoms with Gasteiger partial charge in [-0.05, 0) is 40.1 Å². The maximum Gasteiger partial charge on any atom is 0.328 e. The number of benzene rings is 4. The SMILES string of the molecule is COC(=O)[C@H](Cc1ccc(OCc2ccccc2)cc1)NC(=O)c1cccc2ccccc12. The molecule has 1 atom stereocenters. The number of hydrogen-bond acceptors (Lipinski definition) is 4. The number of carbonyl (C=O) groups is 2. The first-order valence-electron chi connectivity index (χ1n) is 10.8. The van der Waals surface area contributed by atoms with Crippen molar-refractivity contribution in [3.63, 3.8) is 0 Å². The van der Waals surface area contributed by atoms with Crippen LogP contribution in [-0.4, -0.2) is 25.0 Å². The van der Waals surface area contributed by atoms with E-state index < -0.39 is 12.0 Å². The van der Waals surface area contributed by atoms with Crippen molar-refractivity contribution in [2.45, 2.75) is 19.1 Å². The van der Waals surface area contributed by atoms with Gasteiger partial charge in [0.25, 0.3) is 5.91 Å².